The van der Waals surface area contributed by atoms with Gasteiger partial charge >= 0.3 is 11.9 Å². The van der Waals surface area contributed by atoms with Gasteiger partial charge in [-0.05, 0) is 0 Å². The van der Waals surface area contributed by atoms with Gasteiger partial charge in [-0.3, -0.25) is 0 Å². The van der Waals surface area contributed by atoms with Gasteiger partial charge in [0.1, 0.15) is 13.2 Å². The van der Waals surface area contributed by atoms with E-state index < -0.39 is 0 Å². The highest BCUT2D eigenvalue weighted by atomic mass is 16.6. The summed E-state index contributed by atoms with van der Waals surface area (Å²) >= 11 is 0. The molecule has 2 aliphatic rings. The topological polar surface area (TPSA) is 86.9 Å². The number of ether oxygens (including phenoxy) is 5. The van der Waals surface area contributed by atoms with E-state index in [1.165, 1.54) is 0 Å². The molecule has 0 aliphatic carbocycles. The van der Waals surface area contributed by atoms with Crippen LogP contribution in [0.4, 0.5) is 0 Å². The van der Waals surface area contributed by atoms with Crippen LogP contribution in [0, 0.1) is 0 Å². The van der Waals surface area contributed by atoms with E-state index >= 15 is 0 Å². The standard InChI is InChI=1S/C10H14O7/c11-9(7-5-16-7)14-3-1-13-2-4-15-10(12)8-6-17-8/h7-8H,1-6H2. The summed E-state index contributed by atoms with van der Waals surface area (Å²) in [7, 11) is 0. The lowest BCUT2D eigenvalue weighted by atomic mass is 10.5. The van der Waals surface area contributed by atoms with Crippen molar-refractivity contribution < 1.29 is 33.3 Å². The molecule has 96 valence electrons. The van der Waals surface area contributed by atoms with E-state index in [0.29, 0.717) is 13.2 Å². The van der Waals surface area contributed by atoms with E-state index in [1.54, 1.807) is 0 Å². The summed E-state index contributed by atoms with van der Waals surface area (Å²) in [5.74, 6) is -0.711. The monoisotopic (exact) mass is 246 g/mol. The normalized spacial score (nSPS) is 25.2. The maximum atomic E-state index is 11.0. The number of epoxide rings is 2. The van der Waals surface area contributed by atoms with Gasteiger partial charge in [-0.25, -0.2) is 9.59 Å². The molecule has 2 rings (SSSR count). The predicted molar refractivity (Wildman–Crippen MR) is 52.2 cm³/mol. The molecule has 0 bridgehead atoms. The van der Waals surface area contributed by atoms with Crippen LogP contribution in [0.25, 0.3) is 0 Å². The molecule has 7 nitrogen and oxygen atoms in total. The van der Waals surface area contributed by atoms with E-state index in [1.807, 2.05) is 0 Å². The molecule has 0 aromatic carbocycles. The van der Waals surface area contributed by atoms with Gasteiger partial charge < -0.3 is 23.7 Å². The summed E-state index contributed by atoms with van der Waals surface area (Å²) in [5.41, 5.74) is 0. The zero-order valence-corrected chi connectivity index (χ0v) is 9.26. The van der Waals surface area contributed by atoms with Crippen LogP contribution >= 0.6 is 0 Å². The van der Waals surface area contributed by atoms with Gasteiger partial charge in [0, 0.05) is 0 Å². The van der Waals surface area contributed by atoms with Gasteiger partial charge in [0.25, 0.3) is 0 Å². The first-order chi connectivity index (χ1) is 8.27. The molecule has 2 aliphatic heterocycles. The molecule has 2 heterocycles. The van der Waals surface area contributed by atoms with Gasteiger partial charge in [-0.2, -0.15) is 0 Å². The Kier molecular flexibility index (Phi) is 4.29. The third kappa shape index (κ3) is 4.68. The highest BCUT2D eigenvalue weighted by Gasteiger charge is 2.33. The Morgan fingerprint density at radius 1 is 0.882 bits per heavy atom. The van der Waals surface area contributed by atoms with Crippen LogP contribution in [0.2, 0.25) is 0 Å². The Balaban J connectivity index is 1.36. The number of carbonyl (C=O) groups excluding carboxylic acids is 2. The van der Waals surface area contributed by atoms with E-state index in [-0.39, 0.29) is 50.6 Å². The number of carbonyl (C=O) groups is 2. The van der Waals surface area contributed by atoms with E-state index in [9.17, 15) is 9.59 Å². The molecule has 0 radical (unpaired) electrons. The average molecular weight is 246 g/mol. The number of esters is 2. The molecule has 0 N–H and O–H groups in total. The van der Waals surface area contributed by atoms with E-state index in [2.05, 4.69) is 0 Å². The molecule has 0 saturated carbocycles. The molecule has 2 saturated heterocycles. The third-order valence-corrected chi connectivity index (χ3v) is 2.14. The van der Waals surface area contributed by atoms with Crippen molar-refractivity contribution in [2.75, 3.05) is 39.6 Å². The minimum Gasteiger partial charge on any atom is -0.461 e. The smallest absolute Gasteiger partial charge is 0.337 e. The van der Waals surface area contributed by atoms with Crippen molar-refractivity contribution in [2.45, 2.75) is 12.2 Å². The first-order valence-corrected chi connectivity index (χ1v) is 5.41. The maximum absolute atomic E-state index is 11.0. The minimum atomic E-state index is -0.380. The second-order valence-electron chi connectivity index (χ2n) is 3.59. The summed E-state index contributed by atoms with van der Waals surface area (Å²) in [4.78, 5) is 22.0. The number of hydrogen-bond acceptors (Lipinski definition) is 7. The summed E-state index contributed by atoms with van der Waals surface area (Å²) in [6, 6.07) is 0. The van der Waals surface area contributed by atoms with Crippen LogP contribution in [0.1, 0.15) is 0 Å². The summed E-state index contributed by atoms with van der Waals surface area (Å²) in [5, 5.41) is 0. The molecule has 17 heavy (non-hydrogen) atoms. The molecule has 2 atom stereocenters. The number of hydrogen-bond donors (Lipinski definition) is 0. The van der Waals surface area contributed by atoms with Crippen molar-refractivity contribution >= 4 is 11.9 Å². The number of rotatable bonds is 8. The van der Waals surface area contributed by atoms with Crippen molar-refractivity contribution in [3.05, 3.63) is 0 Å². The fraction of sp³-hybridized carbons (Fsp3) is 0.800. The van der Waals surface area contributed by atoms with Gasteiger partial charge in [-0.1, -0.05) is 0 Å². The Morgan fingerprint density at radius 3 is 1.65 bits per heavy atom. The van der Waals surface area contributed by atoms with Crippen molar-refractivity contribution in [3.63, 3.8) is 0 Å². The van der Waals surface area contributed by atoms with Crippen LogP contribution in [0.5, 0.6) is 0 Å². The van der Waals surface area contributed by atoms with Gasteiger partial charge in [0.05, 0.1) is 26.4 Å². The quantitative estimate of drug-likeness (QED) is 0.305. The van der Waals surface area contributed by atoms with Crippen LogP contribution < -0.4 is 0 Å². The fourth-order valence-corrected chi connectivity index (χ4v) is 1.06. The van der Waals surface area contributed by atoms with E-state index in [4.69, 9.17) is 23.7 Å². The molecule has 7 heteroatoms. The highest BCUT2D eigenvalue weighted by molar-refractivity contribution is 5.77. The van der Waals surface area contributed by atoms with Crippen molar-refractivity contribution in [1.29, 1.82) is 0 Å². The van der Waals surface area contributed by atoms with E-state index in [0.717, 1.165) is 0 Å². The zero-order valence-electron chi connectivity index (χ0n) is 9.26. The van der Waals surface area contributed by atoms with Crippen LogP contribution in [-0.2, 0) is 33.3 Å². The summed E-state index contributed by atoms with van der Waals surface area (Å²) in [6.07, 6.45) is -0.760. The first-order valence-electron chi connectivity index (χ1n) is 5.41. The first kappa shape index (κ1) is 12.3. The minimum absolute atomic E-state index is 0.179. The van der Waals surface area contributed by atoms with Crippen LogP contribution in [0.15, 0.2) is 0 Å². The van der Waals surface area contributed by atoms with Gasteiger partial charge in [0.15, 0.2) is 12.2 Å². The molecule has 2 fully saturated rings. The third-order valence-electron chi connectivity index (χ3n) is 2.14. The molecular formula is C10H14O7. The molecular weight excluding hydrogens is 232 g/mol. The lowest BCUT2D eigenvalue weighted by Gasteiger charge is -2.05. The average Bonchev–Trinajstić information content (AvgIpc) is 3.20. The molecule has 0 amide bonds. The highest BCUT2D eigenvalue weighted by Crippen LogP contribution is 2.10. The Hall–Kier alpha value is -1.18. The lowest BCUT2D eigenvalue weighted by molar-refractivity contribution is -0.148. The van der Waals surface area contributed by atoms with Crippen molar-refractivity contribution in [3.8, 4) is 0 Å². The maximum Gasteiger partial charge on any atom is 0.337 e. The summed E-state index contributed by atoms with van der Waals surface area (Å²) in [6.45, 7) is 1.79. The molecule has 0 aromatic rings. The van der Waals surface area contributed by atoms with Crippen molar-refractivity contribution in [2.24, 2.45) is 0 Å². The zero-order chi connectivity index (χ0) is 12.1. The van der Waals surface area contributed by atoms with Crippen molar-refractivity contribution in [1.82, 2.24) is 0 Å². The molecule has 0 aromatic heterocycles. The second kappa shape index (κ2) is 5.95. The van der Waals surface area contributed by atoms with Crippen LogP contribution in [-0.4, -0.2) is 63.8 Å². The van der Waals surface area contributed by atoms with Gasteiger partial charge in [-0.15, -0.1) is 0 Å². The summed E-state index contributed by atoms with van der Waals surface area (Å²) < 4.78 is 24.2. The predicted octanol–water partition coefficient (Wildman–Crippen LogP) is -1.11. The SMILES string of the molecule is O=C(OCCOCCOC(=O)C1CO1)C1CO1. The Morgan fingerprint density at radius 2 is 1.29 bits per heavy atom. The van der Waals surface area contributed by atoms with Crippen LogP contribution in [0.3, 0.4) is 0 Å². The van der Waals surface area contributed by atoms with Gasteiger partial charge in [0.2, 0.25) is 0 Å². The molecule has 2 unspecified atom stereocenters. The Bertz CT molecular complexity index is 254. The largest absolute Gasteiger partial charge is 0.461 e. The Labute approximate surface area is 97.9 Å². The second-order valence-corrected chi connectivity index (χ2v) is 3.59. The lowest BCUT2D eigenvalue weighted by Crippen LogP contribution is -2.18. The fourth-order valence-electron chi connectivity index (χ4n) is 1.06. The molecule has 0 spiro atoms.